The van der Waals surface area contributed by atoms with E-state index in [9.17, 15) is 4.39 Å². The number of hydrogen-bond donors (Lipinski definition) is 1. The van der Waals surface area contributed by atoms with Crippen LogP contribution in [0, 0.1) is 18.8 Å². The number of nitrogen functional groups attached to an aromatic ring is 1. The second-order valence-corrected chi connectivity index (χ2v) is 5.15. The monoisotopic (exact) mass is 257 g/mol. The Bertz CT molecular complexity index is 713. The second kappa shape index (κ2) is 4.07. The second-order valence-electron chi connectivity index (χ2n) is 4.08. The topological polar surface area (TPSA) is 38.9 Å². The summed E-state index contributed by atoms with van der Waals surface area (Å²) in [4.78, 5) is 4.19. The van der Waals surface area contributed by atoms with Crippen LogP contribution in [0.4, 0.5) is 9.52 Å². The standard InChI is InChI=1S/C14H10FN2S/c1-8-3-2-4-10(15)13(8)9-5-6-11-12(7-9)18-14(16)17-11/h2-3,5-7H,1H3,(H2,16,17). The van der Waals surface area contributed by atoms with Crippen LogP contribution in [-0.2, 0) is 0 Å². The molecule has 3 rings (SSSR count). The third-order valence-electron chi connectivity index (χ3n) is 2.85. The summed E-state index contributed by atoms with van der Waals surface area (Å²) in [6, 6.07) is 11.7. The van der Waals surface area contributed by atoms with Gasteiger partial charge in [0.2, 0.25) is 0 Å². The largest absolute Gasteiger partial charge is 0.375 e. The SMILES string of the molecule is Cc1cc[c]c(F)c1-c1ccc2nc(N)sc2c1. The molecule has 0 spiro atoms. The highest BCUT2D eigenvalue weighted by Crippen LogP contribution is 2.31. The predicted octanol–water partition coefficient (Wildman–Crippen LogP) is 3.79. The molecule has 0 unspecified atom stereocenters. The van der Waals surface area contributed by atoms with E-state index in [1.165, 1.54) is 11.3 Å². The first-order valence-electron chi connectivity index (χ1n) is 5.48. The lowest BCUT2D eigenvalue weighted by molar-refractivity contribution is 0.628. The fourth-order valence-corrected chi connectivity index (χ4v) is 2.79. The summed E-state index contributed by atoms with van der Waals surface area (Å²) in [6.07, 6.45) is 0. The van der Waals surface area contributed by atoms with Gasteiger partial charge >= 0.3 is 0 Å². The quantitative estimate of drug-likeness (QED) is 0.720. The maximum absolute atomic E-state index is 13.8. The molecule has 0 amide bonds. The summed E-state index contributed by atoms with van der Waals surface area (Å²) in [6.45, 7) is 1.89. The van der Waals surface area contributed by atoms with Gasteiger partial charge in [0.1, 0.15) is 5.82 Å². The van der Waals surface area contributed by atoms with Crippen LogP contribution in [0.5, 0.6) is 0 Å². The fraction of sp³-hybridized carbons (Fsp3) is 0.0714. The Labute approximate surface area is 108 Å². The van der Waals surface area contributed by atoms with E-state index < -0.39 is 0 Å². The molecule has 1 heterocycles. The number of hydrogen-bond acceptors (Lipinski definition) is 3. The molecule has 4 heteroatoms. The maximum atomic E-state index is 13.8. The number of thiazole rings is 1. The van der Waals surface area contributed by atoms with E-state index in [1.54, 1.807) is 6.07 Å². The van der Waals surface area contributed by atoms with E-state index in [1.807, 2.05) is 31.2 Å². The van der Waals surface area contributed by atoms with Crippen LogP contribution in [0.25, 0.3) is 21.3 Å². The van der Waals surface area contributed by atoms with Crippen molar-refractivity contribution < 1.29 is 4.39 Å². The zero-order valence-corrected chi connectivity index (χ0v) is 10.5. The Morgan fingerprint density at radius 3 is 2.94 bits per heavy atom. The molecule has 0 fully saturated rings. The number of rotatable bonds is 1. The van der Waals surface area contributed by atoms with Gasteiger partial charge in [0.05, 0.1) is 10.2 Å². The number of anilines is 1. The summed E-state index contributed by atoms with van der Waals surface area (Å²) in [5.74, 6) is -0.327. The highest BCUT2D eigenvalue weighted by atomic mass is 32.1. The third-order valence-corrected chi connectivity index (χ3v) is 3.70. The number of fused-ring (bicyclic) bond motifs is 1. The highest BCUT2D eigenvalue weighted by Gasteiger charge is 2.10. The number of benzene rings is 2. The van der Waals surface area contributed by atoms with Gasteiger partial charge in [-0.05, 0) is 30.2 Å². The van der Waals surface area contributed by atoms with Crippen LogP contribution >= 0.6 is 11.3 Å². The molecule has 3 aromatic rings. The Morgan fingerprint density at radius 2 is 2.17 bits per heavy atom. The van der Waals surface area contributed by atoms with E-state index in [-0.39, 0.29) is 5.82 Å². The summed E-state index contributed by atoms with van der Waals surface area (Å²) in [5.41, 5.74) is 8.83. The molecule has 0 aliphatic rings. The van der Waals surface area contributed by atoms with Crippen LogP contribution in [-0.4, -0.2) is 4.98 Å². The minimum Gasteiger partial charge on any atom is -0.375 e. The van der Waals surface area contributed by atoms with Gasteiger partial charge in [-0.15, -0.1) is 0 Å². The van der Waals surface area contributed by atoms with Crippen molar-refractivity contribution in [1.82, 2.24) is 4.98 Å². The Hall–Kier alpha value is -1.94. The molecule has 1 radical (unpaired) electrons. The van der Waals surface area contributed by atoms with Gasteiger partial charge in [0.25, 0.3) is 0 Å². The smallest absolute Gasteiger partial charge is 0.181 e. The first-order valence-corrected chi connectivity index (χ1v) is 6.30. The lowest BCUT2D eigenvalue weighted by Gasteiger charge is -2.06. The van der Waals surface area contributed by atoms with Crippen molar-refractivity contribution in [2.24, 2.45) is 0 Å². The molecule has 0 aliphatic carbocycles. The van der Waals surface area contributed by atoms with Crippen LogP contribution in [0.2, 0.25) is 0 Å². The molecule has 2 N–H and O–H groups in total. The van der Waals surface area contributed by atoms with Gasteiger partial charge in [0, 0.05) is 11.6 Å². The third kappa shape index (κ3) is 1.75. The van der Waals surface area contributed by atoms with E-state index in [2.05, 4.69) is 11.1 Å². The van der Waals surface area contributed by atoms with E-state index in [0.29, 0.717) is 10.7 Å². The number of nitrogens with two attached hydrogens (primary N) is 1. The van der Waals surface area contributed by atoms with E-state index >= 15 is 0 Å². The molecule has 18 heavy (non-hydrogen) atoms. The molecular formula is C14H10FN2S. The first-order chi connectivity index (χ1) is 8.65. The molecule has 0 bridgehead atoms. The first kappa shape index (κ1) is 11.2. The molecule has 1 aromatic heterocycles. The molecule has 0 saturated carbocycles. The summed E-state index contributed by atoms with van der Waals surface area (Å²) < 4.78 is 14.8. The number of aromatic nitrogens is 1. The van der Waals surface area contributed by atoms with Crippen molar-refractivity contribution in [2.45, 2.75) is 6.92 Å². The fourth-order valence-electron chi connectivity index (χ4n) is 2.02. The predicted molar refractivity (Wildman–Crippen MR) is 73.0 cm³/mol. The van der Waals surface area contributed by atoms with Gasteiger partial charge in [-0.2, -0.15) is 0 Å². The molecule has 2 nitrogen and oxygen atoms in total. The average molecular weight is 257 g/mol. The van der Waals surface area contributed by atoms with Crippen molar-refractivity contribution >= 4 is 26.7 Å². The molecule has 89 valence electrons. The van der Waals surface area contributed by atoms with Crippen molar-refractivity contribution in [2.75, 3.05) is 5.73 Å². The van der Waals surface area contributed by atoms with Crippen LogP contribution in [0.3, 0.4) is 0 Å². The molecule has 0 saturated heterocycles. The Balaban J connectivity index is 2.25. The van der Waals surface area contributed by atoms with Gasteiger partial charge in [-0.3, -0.25) is 0 Å². The van der Waals surface area contributed by atoms with Gasteiger partial charge < -0.3 is 5.73 Å². The van der Waals surface area contributed by atoms with Gasteiger partial charge in [-0.1, -0.05) is 29.5 Å². The van der Waals surface area contributed by atoms with Crippen molar-refractivity contribution in [3.05, 3.63) is 47.8 Å². The Morgan fingerprint density at radius 1 is 1.33 bits per heavy atom. The summed E-state index contributed by atoms with van der Waals surface area (Å²) in [5, 5.41) is 0.527. The zero-order chi connectivity index (χ0) is 12.7. The minimum atomic E-state index is -0.327. The van der Waals surface area contributed by atoms with E-state index in [0.717, 1.165) is 21.3 Å². The summed E-state index contributed by atoms with van der Waals surface area (Å²) >= 11 is 1.41. The lowest BCUT2D eigenvalue weighted by Crippen LogP contribution is -1.88. The van der Waals surface area contributed by atoms with Gasteiger partial charge in [-0.25, -0.2) is 9.37 Å². The van der Waals surface area contributed by atoms with Crippen molar-refractivity contribution in [1.29, 1.82) is 0 Å². The average Bonchev–Trinajstić information content (AvgIpc) is 2.68. The van der Waals surface area contributed by atoms with Crippen LogP contribution < -0.4 is 5.73 Å². The Kier molecular flexibility index (Phi) is 2.52. The maximum Gasteiger partial charge on any atom is 0.181 e. The lowest BCUT2D eigenvalue weighted by atomic mass is 10.00. The van der Waals surface area contributed by atoms with E-state index in [4.69, 9.17) is 5.73 Å². The van der Waals surface area contributed by atoms with Crippen LogP contribution in [0.15, 0.2) is 30.3 Å². The molecule has 2 aromatic carbocycles. The van der Waals surface area contributed by atoms with Crippen molar-refractivity contribution in [3.63, 3.8) is 0 Å². The zero-order valence-electron chi connectivity index (χ0n) is 9.70. The normalized spacial score (nSPS) is 11.0. The molecule has 0 aliphatic heterocycles. The van der Waals surface area contributed by atoms with Gasteiger partial charge in [0.15, 0.2) is 5.13 Å². The van der Waals surface area contributed by atoms with Crippen LogP contribution in [0.1, 0.15) is 5.56 Å². The number of nitrogens with zero attached hydrogens (tertiary/aromatic N) is 1. The number of halogens is 1. The minimum absolute atomic E-state index is 0.327. The summed E-state index contributed by atoms with van der Waals surface area (Å²) in [7, 11) is 0. The highest BCUT2D eigenvalue weighted by molar-refractivity contribution is 7.22. The number of aryl methyl sites for hydroxylation is 1. The molecular weight excluding hydrogens is 247 g/mol. The van der Waals surface area contributed by atoms with Crippen molar-refractivity contribution in [3.8, 4) is 11.1 Å². The molecule has 0 atom stereocenters.